The fourth-order valence-electron chi connectivity index (χ4n) is 2.84. The Kier molecular flexibility index (Phi) is 4.25. The van der Waals surface area contributed by atoms with Crippen LogP contribution in [0.5, 0.6) is 5.75 Å². The van der Waals surface area contributed by atoms with Crippen molar-refractivity contribution in [2.75, 3.05) is 18.2 Å². The number of ether oxygens (including phenoxy) is 1. The third kappa shape index (κ3) is 3.25. The van der Waals surface area contributed by atoms with Crippen molar-refractivity contribution in [1.29, 1.82) is 0 Å². The van der Waals surface area contributed by atoms with Gasteiger partial charge in [-0.05, 0) is 62.2 Å². The lowest BCUT2D eigenvalue weighted by atomic mass is 10.0. The number of nitrogens with zero attached hydrogens (tertiary/aromatic N) is 2. The van der Waals surface area contributed by atoms with E-state index in [9.17, 15) is 0 Å². The minimum Gasteiger partial charge on any atom is -0.497 e. The summed E-state index contributed by atoms with van der Waals surface area (Å²) >= 11 is 0. The molecule has 0 saturated carbocycles. The SMILES string of the molecule is COc1ccc2nc(C)nc(N[C@H](C)c3cc(C)cc(N)c3)c2c1. The zero-order valence-corrected chi connectivity index (χ0v) is 14.4. The van der Waals surface area contributed by atoms with Gasteiger partial charge in [-0.1, -0.05) is 6.07 Å². The summed E-state index contributed by atoms with van der Waals surface area (Å²) in [6.45, 7) is 6.03. The Labute approximate surface area is 141 Å². The molecule has 0 amide bonds. The molecule has 3 N–H and O–H groups in total. The van der Waals surface area contributed by atoms with E-state index in [2.05, 4.69) is 28.3 Å². The number of benzene rings is 2. The average Bonchev–Trinajstić information content (AvgIpc) is 2.53. The molecule has 0 aliphatic heterocycles. The van der Waals surface area contributed by atoms with Gasteiger partial charge in [-0.3, -0.25) is 0 Å². The summed E-state index contributed by atoms with van der Waals surface area (Å²) in [5.74, 6) is 2.31. The number of aromatic nitrogens is 2. The summed E-state index contributed by atoms with van der Waals surface area (Å²) in [4.78, 5) is 9.07. The predicted octanol–water partition coefficient (Wildman–Crippen LogP) is 4.01. The van der Waals surface area contributed by atoms with Crippen LogP contribution < -0.4 is 15.8 Å². The average molecular weight is 322 g/mol. The monoisotopic (exact) mass is 322 g/mol. The minimum atomic E-state index is 0.0656. The molecule has 2 aromatic carbocycles. The van der Waals surface area contributed by atoms with E-state index in [0.717, 1.165) is 45.1 Å². The number of aryl methyl sites for hydroxylation is 2. The van der Waals surface area contributed by atoms with Gasteiger partial charge in [-0.15, -0.1) is 0 Å². The second-order valence-corrected chi connectivity index (χ2v) is 6.05. The topological polar surface area (TPSA) is 73.1 Å². The van der Waals surface area contributed by atoms with Crippen molar-refractivity contribution < 1.29 is 4.74 Å². The molecule has 0 spiro atoms. The number of nitrogen functional groups attached to an aromatic ring is 1. The smallest absolute Gasteiger partial charge is 0.138 e. The van der Waals surface area contributed by atoms with Crippen molar-refractivity contribution in [3.05, 3.63) is 53.3 Å². The Bertz CT molecular complexity index is 872. The molecule has 3 aromatic rings. The predicted molar refractivity (Wildman–Crippen MR) is 98.5 cm³/mol. The molecule has 1 atom stereocenters. The Morgan fingerprint density at radius 2 is 1.88 bits per heavy atom. The summed E-state index contributed by atoms with van der Waals surface area (Å²) in [5.41, 5.74) is 9.90. The summed E-state index contributed by atoms with van der Waals surface area (Å²) in [6.07, 6.45) is 0. The van der Waals surface area contributed by atoms with Crippen LogP contribution in [0.3, 0.4) is 0 Å². The lowest BCUT2D eigenvalue weighted by Crippen LogP contribution is -2.10. The summed E-state index contributed by atoms with van der Waals surface area (Å²) < 4.78 is 5.33. The summed E-state index contributed by atoms with van der Waals surface area (Å²) in [6, 6.07) is 12.0. The molecule has 5 heteroatoms. The first-order valence-electron chi connectivity index (χ1n) is 7.92. The number of rotatable bonds is 4. The van der Waals surface area contributed by atoms with Crippen LogP contribution in [-0.2, 0) is 0 Å². The highest BCUT2D eigenvalue weighted by molar-refractivity contribution is 5.90. The van der Waals surface area contributed by atoms with E-state index in [-0.39, 0.29) is 6.04 Å². The Hall–Kier alpha value is -2.82. The van der Waals surface area contributed by atoms with Gasteiger partial charge in [0.1, 0.15) is 17.4 Å². The molecule has 124 valence electrons. The van der Waals surface area contributed by atoms with Crippen LogP contribution in [0.25, 0.3) is 10.9 Å². The normalized spacial score (nSPS) is 12.2. The van der Waals surface area contributed by atoms with Gasteiger partial charge in [0.25, 0.3) is 0 Å². The van der Waals surface area contributed by atoms with Crippen molar-refractivity contribution in [2.24, 2.45) is 0 Å². The van der Waals surface area contributed by atoms with Gasteiger partial charge < -0.3 is 15.8 Å². The number of nitrogens with one attached hydrogen (secondary N) is 1. The molecule has 1 heterocycles. The number of hydrogen-bond acceptors (Lipinski definition) is 5. The standard InChI is InChI=1S/C19H22N4O/c1-11-7-14(9-15(20)8-11)12(2)21-19-17-10-16(24-4)5-6-18(17)22-13(3)23-19/h5-10,12H,20H2,1-4H3,(H,21,22,23)/t12-/m1/s1. The second kappa shape index (κ2) is 6.35. The van der Waals surface area contributed by atoms with E-state index >= 15 is 0 Å². The fraction of sp³-hybridized carbons (Fsp3) is 0.263. The van der Waals surface area contributed by atoms with Gasteiger partial charge in [-0.25, -0.2) is 9.97 Å². The van der Waals surface area contributed by atoms with Gasteiger partial charge in [0.15, 0.2) is 0 Å². The van der Waals surface area contributed by atoms with Crippen molar-refractivity contribution >= 4 is 22.4 Å². The van der Waals surface area contributed by atoms with Crippen molar-refractivity contribution in [1.82, 2.24) is 9.97 Å². The lowest BCUT2D eigenvalue weighted by Gasteiger charge is -2.18. The van der Waals surface area contributed by atoms with E-state index in [1.165, 1.54) is 0 Å². The first-order valence-corrected chi connectivity index (χ1v) is 7.92. The molecule has 0 bridgehead atoms. The third-order valence-corrected chi connectivity index (χ3v) is 3.99. The maximum absolute atomic E-state index is 5.97. The molecule has 0 unspecified atom stereocenters. The van der Waals surface area contributed by atoms with Crippen molar-refractivity contribution in [3.8, 4) is 5.75 Å². The molecule has 0 aliphatic carbocycles. The van der Waals surface area contributed by atoms with E-state index in [0.29, 0.717) is 0 Å². The Morgan fingerprint density at radius 3 is 2.58 bits per heavy atom. The van der Waals surface area contributed by atoms with Crippen LogP contribution in [0.1, 0.15) is 29.9 Å². The van der Waals surface area contributed by atoms with Gasteiger partial charge in [0, 0.05) is 11.1 Å². The van der Waals surface area contributed by atoms with E-state index < -0.39 is 0 Å². The van der Waals surface area contributed by atoms with Crippen LogP contribution in [0, 0.1) is 13.8 Å². The quantitative estimate of drug-likeness (QED) is 0.710. The Balaban J connectivity index is 2.02. The molecule has 0 fully saturated rings. The van der Waals surface area contributed by atoms with Crippen LogP contribution in [0.4, 0.5) is 11.5 Å². The molecule has 0 radical (unpaired) electrons. The maximum Gasteiger partial charge on any atom is 0.138 e. The largest absolute Gasteiger partial charge is 0.497 e. The molecular weight excluding hydrogens is 300 g/mol. The Morgan fingerprint density at radius 1 is 1.08 bits per heavy atom. The van der Waals surface area contributed by atoms with Crippen LogP contribution in [0.2, 0.25) is 0 Å². The minimum absolute atomic E-state index is 0.0656. The van der Waals surface area contributed by atoms with E-state index in [4.69, 9.17) is 10.5 Å². The van der Waals surface area contributed by atoms with Crippen molar-refractivity contribution in [3.63, 3.8) is 0 Å². The first-order chi connectivity index (χ1) is 11.5. The number of methoxy groups -OCH3 is 1. The lowest BCUT2D eigenvalue weighted by molar-refractivity contribution is 0.415. The number of fused-ring (bicyclic) bond motifs is 1. The highest BCUT2D eigenvalue weighted by Gasteiger charge is 2.12. The summed E-state index contributed by atoms with van der Waals surface area (Å²) in [7, 11) is 1.65. The molecular formula is C19H22N4O. The van der Waals surface area contributed by atoms with E-state index in [1.54, 1.807) is 7.11 Å². The van der Waals surface area contributed by atoms with Gasteiger partial charge in [-0.2, -0.15) is 0 Å². The number of nitrogens with two attached hydrogens (primary N) is 1. The number of anilines is 2. The molecule has 3 rings (SSSR count). The zero-order valence-electron chi connectivity index (χ0n) is 14.4. The highest BCUT2D eigenvalue weighted by Crippen LogP contribution is 2.28. The van der Waals surface area contributed by atoms with Crippen LogP contribution in [0.15, 0.2) is 36.4 Å². The highest BCUT2D eigenvalue weighted by atomic mass is 16.5. The number of hydrogen-bond donors (Lipinski definition) is 2. The third-order valence-electron chi connectivity index (χ3n) is 3.99. The van der Waals surface area contributed by atoms with Gasteiger partial charge >= 0.3 is 0 Å². The van der Waals surface area contributed by atoms with Crippen LogP contribution in [-0.4, -0.2) is 17.1 Å². The van der Waals surface area contributed by atoms with Gasteiger partial charge in [0.2, 0.25) is 0 Å². The molecule has 1 aromatic heterocycles. The van der Waals surface area contributed by atoms with Gasteiger partial charge in [0.05, 0.1) is 18.7 Å². The molecule has 0 saturated heterocycles. The zero-order chi connectivity index (χ0) is 17.3. The second-order valence-electron chi connectivity index (χ2n) is 6.05. The summed E-state index contributed by atoms with van der Waals surface area (Å²) in [5, 5.41) is 4.42. The fourth-order valence-corrected chi connectivity index (χ4v) is 2.84. The van der Waals surface area contributed by atoms with Crippen LogP contribution >= 0.6 is 0 Å². The first kappa shape index (κ1) is 16.1. The molecule has 5 nitrogen and oxygen atoms in total. The van der Waals surface area contributed by atoms with E-state index in [1.807, 2.05) is 44.2 Å². The maximum atomic E-state index is 5.97. The molecule has 24 heavy (non-hydrogen) atoms. The van der Waals surface area contributed by atoms with Crippen molar-refractivity contribution in [2.45, 2.75) is 26.8 Å². The molecule has 0 aliphatic rings.